The number of rotatable bonds is 1. The molecule has 0 saturated carbocycles. The van der Waals surface area contributed by atoms with Crippen LogP contribution >= 0.6 is 50.9 Å². The van der Waals surface area contributed by atoms with E-state index in [-0.39, 0.29) is 26.7 Å². The molecule has 14 heavy (non-hydrogen) atoms. The number of alkyl halides is 3. The van der Waals surface area contributed by atoms with E-state index in [1.54, 1.807) is 0 Å². The van der Waals surface area contributed by atoms with Crippen molar-refractivity contribution in [2.24, 2.45) is 0 Å². The molecule has 0 spiro atoms. The van der Waals surface area contributed by atoms with Crippen molar-refractivity contribution in [2.45, 2.75) is 10.4 Å². The Balaban J connectivity index is 3.02. The van der Waals surface area contributed by atoms with Crippen LogP contribution in [-0.4, -0.2) is 5.51 Å². The molecule has 7 heteroatoms. The van der Waals surface area contributed by atoms with Gasteiger partial charge in [-0.2, -0.15) is 13.2 Å². The van der Waals surface area contributed by atoms with E-state index in [0.717, 1.165) is 0 Å². The predicted molar refractivity (Wildman–Crippen MR) is 56.1 cm³/mol. The van der Waals surface area contributed by atoms with Crippen molar-refractivity contribution in [1.82, 2.24) is 0 Å². The Bertz CT molecular complexity index is 330. The van der Waals surface area contributed by atoms with E-state index in [0.29, 0.717) is 4.47 Å². The lowest BCUT2D eigenvalue weighted by atomic mass is 10.4. The molecule has 0 aliphatic carbocycles. The first kappa shape index (κ1) is 12.5. The van der Waals surface area contributed by atoms with Crippen molar-refractivity contribution in [1.29, 1.82) is 0 Å². The monoisotopic (exact) mass is 324 g/mol. The lowest BCUT2D eigenvalue weighted by Crippen LogP contribution is -1.98. The summed E-state index contributed by atoms with van der Waals surface area (Å²) in [7, 11) is 0. The third-order valence-electron chi connectivity index (χ3n) is 1.19. The summed E-state index contributed by atoms with van der Waals surface area (Å²) >= 11 is 14.1. The molecule has 0 heterocycles. The first-order valence-electron chi connectivity index (χ1n) is 3.20. The van der Waals surface area contributed by atoms with Crippen molar-refractivity contribution in [3.63, 3.8) is 0 Å². The van der Waals surface area contributed by atoms with Crippen LogP contribution in [0.5, 0.6) is 0 Å². The minimum Gasteiger partial charge on any atom is -0.160 e. The SMILES string of the molecule is FC(F)(F)Sc1cc(Cl)c(Br)c(Cl)c1. The smallest absolute Gasteiger partial charge is 0.160 e. The van der Waals surface area contributed by atoms with E-state index >= 15 is 0 Å². The Labute approximate surface area is 101 Å². The van der Waals surface area contributed by atoms with Crippen LogP contribution in [0.1, 0.15) is 0 Å². The van der Waals surface area contributed by atoms with Crippen LogP contribution in [0.15, 0.2) is 21.5 Å². The Kier molecular flexibility index (Phi) is 4.03. The van der Waals surface area contributed by atoms with Gasteiger partial charge in [0, 0.05) is 4.90 Å². The first-order chi connectivity index (χ1) is 6.29. The largest absolute Gasteiger partial charge is 0.446 e. The highest BCUT2D eigenvalue weighted by Crippen LogP contribution is 2.41. The molecule has 78 valence electrons. The Morgan fingerprint density at radius 2 is 1.57 bits per heavy atom. The Hall–Kier alpha value is 0.420. The van der Waals surface area contributed by atoms with Crippen LogP contribution in [0, 0.1) is 0 Å². The van der Waals surface area contributed by atoms with Gasteiger partial charge in [0.2, 0.25) is 0 Å². The predicted octanol–water partition coefficient (Wildman–Crippen LogP) is 5.37. The summed E-state index contributed by atoms with van der Waals surface area (Å²) in [5.41, 5.74) is -4.33. The quantitative estimate of drug-likeness (QED) is 0.494. The molecular formula is C7H2BrCl2F3S. The van der Waals surface area contributed by atoms with Gasteiger partial charge in [-0.05, 0) is 39.8 Å². The number of hydrogen-bond donors (Lipinski definition) is 0. The second-order valence-electron chi connectivity index (χ2n) is 2.25. The summed E-state index contributed by atoms with van der Waals surface area (Å²) < 4.78 is 36.3. The van der Waals surface area contributed by atoms with Gasteiger partial charge >= 0.3 is 5.51 Å². The molecule has 0 N–H and O–H groups in total. The van der Waals surface area contributed by atoms with Crippen LogP contribution < -0.4 is 0 Å². The highest BCUT2D eigenvalue weighted by Gasteiger charge is 2.29. The lowest BCUT2D eigenvalue weighted by molar-refractivity contribution is -0.0328. The topological polar surface area (TPSA) is 0 Å². The van der Waals surface area contributed by atoms with Crippen molar-refractivity contribution in [2.75, 3.05) is 0 Å². The number of halogens is 6. The van der Waals surface area contributed by atoms with Crippen molar-refractivity contribution in [3.8, 4) is 0 Å². The van der Waals surface area contributed by atoms with E-state index in [2.05, 4.69) is 15.9 Å². The summed E-state index contributed by atoms with van der Waals surface area (Å²) in [5.74, 6) is 0. The normalized spacial score (nSPS) is 11.9. The lowest BCUT2D eigenvalue weighted by Gasteiger charge is -2.07. The maximum absolute atomic E-state index is 12.0. The van der Waals surface area contributed by atoms with Gasteiger partial charge in [0.1, 0.15) is 0 Å². The van der Waals surface area contributed by atoms with E-state index < -0.39 is 5.51 Å². The minimum absolute atomic E-state index is 0.0318. The number of hydrogen-bond acceptors (Lipinski definition) is 1. The zero-order valence-corrected chi connectivity index (χ0v) is 10.2. The molecule has 0 saturated heterocycles. The molecule has 0 amide bonds. The van der Waals surface area contributed by atoms with Gasteiger partial charge in [-0.25, -0.2) is 0 Å². The maximum atomic E-state index is 12.0. The van der Waals surface area contributed by atoms with Crippen molar-refractivity contribution >= 4 is 50.9 Å². The third kappa shape index (κ3) is 3.53. The number of thioether (sulfide) groups is 1. The van der Waals surface area contributed by atoms with Crippen LogP contribution in [0.4, 0.5) is 13.2 Å². The van der Waals surface area contributed by atoms with E-state index in [9.17, 15) is 13.2 Å². The zero-order chi connectivity index (χ0) is 10.9. The van der Waals surface area contributed by atoms with Gasteiger partial charge in [0.15, 0.2) is 0 Å². The molecule has 1 rings (SSSR count). The van der Waals surface area contributed by atoms with Crippen LogP contribution in [0.2, 0.25) is 10.0 Å². The summed E-state index contributed by atoms with van der Waals surface area (Å²) in [6, 6.07) is 2.41. The molecule has 1 aromatic rings. The first-order valence-corrected chi connectivity index (χ1v) is 5.56. The average molecular weight is 326 g/mol. The standard InChI is InChI=1S/C7H2BrCl2F3S/c8-6-4(9)1-3(2-5(6)10)14-7(11,12)13/h1-2H. The van der Waals surface area contributed by atoms with Crippen LogP contribution in [0.25, 0.3) is 0 Å². The fraction of sp³-hybridized carbons (Fsp3) is 0.143. The fourth-order valence-corrected chi connectivity index (χ4v) is 2.19. The zero-order valence-electron chi connectivity index (χ0n) is 6.33. The Morgan fingerprint density at radius 1 is 1.14 bits per heavy atom. The van der Waals surface area contributed by atoms with Gasteiger partial charge in [-0.3, -0.25) is 0 Å². The van der Waals surface area contributed by atoms with E-state index in [1.807, 2.05) is 0 Å². The molecule has 0 atom stereocenters. The fourth-order valence-electron chi connectivity index (χ4n) is 0.725. The summed E-state index contributed by atoms with van der Waals surface area (Å²) in [6.45, 7) is 0. The molecule has 0 aliphatic rings. The van der Waals surface area contributed by atoms with Gasteiger partial charge in [0.05, 0.1) is 14.5 Å². The molecular weight excluding hydrogens is 324 g/mol. The van der Waals surface area contributed by atoms with E-state index in [1.165, 1.54) is 12.1 Å². The minimum atomic E-state index is -4.33. The van der Waals surface area contributed by atoms with Gasteiger partial charge < -0.3 is 0 Å². The average Bonchev–Trinajstić information content (AvgIpc) is 1.96. The summed E-state index contributed by atoms with van der Waals surface area (Å²) in [5, 5.41) is 0.313. The summed E-state index contributed by atoms with van der Waals surface area (Å²) in [6.07, 6.45) is 0. The molecule has 0 aromatic heterocycles. The molecule has 1 aromatic carbocycles. The van der Waals surface area contributed by atoms with Crippen molar-refractivity contribution < 1.29 is 13.2 Å². The summed E-state index contributed by atoms with van der Waals surface area (Å²) in [4.78, 5) is -0.0318. The maximum Gasteiger partial charge on any atom is 0.446 e. The number of benzene rings is 1. The third-order valence-corrected chi connectivity index (χ3v) is 3.80. The van der Waals surface area contributed by atoms with E-state index in [4.69, 9.17) is 23.2 Å². The second kappa shape index (κ2) is 4.51. The second-order valence-corrected chi connectivity index (χ2v) is 4.99. The van der Waals surface area contributed by atoms with Gasteiger partial charge in [0.25, 0.3) is 0 Å². The van der Waals surface area contributed by atoms with Crippen molar-refractivity contribution in [3.05, 3.63) is 26.7 Å². The molecule has 0 fully saturated rings. The molecule has 0 aliphatic heterocycles. The highest BCUT2D eigenvalue weighted by molar-refractivity contribution is 9.10. The van der Waals surface area contributed by atoms with Gasteiger partial charge in [-0.15, -0.1) is 0 Å². The molecule has 0 bridgehead atoms. The van der Waals surface area contributed by atoms with Crippen LogP contribution in [0.3, 0.4) is 0 Å². The highest BCUT2D eigenvalue weighted by atomic mass is 79.9. The molecule has 0 radical (unpaired) electrons. The van der Waals surface area contributed by atoms with Gasteiger partial charge in [-0.1, -0.05) is 23.2 Å². The molecule has 0 nitrogen and oxygen atoms in total. The van der Waals surface area contributed by atoms with Crippen LogP contribution in [-0.2, 0) is 0 Å². The Morgan fingerprint density at radius 3 is 1.93 bits per heavy atom. The molecule has 0 unspecified atom stereocenters.